The van der Waals surface area contributed by atoms with Crippen molar-refractivity contribution in [2.75, 3.05) is 11.6 Å². The second-order valence-electron chi connectivity index (χ2n) is 8.71. The molecule has 1 atom stereocenters. The molecular weight excluding hydrogens is 470 g/mol. The summed E-state index contributed by atoms with van der Waals surface area (Å²) >= 11 is 7.85. The van der Waals surface area contributed by atoms with Crippen LogP contribution in [-0.4, -0.2) is 22.1 Å². The number of hydrogen-bond acceptors (Lipinski definition) is 5. The normalized spacial score (nSPS) is 20.2. The van der Waals surface area contributed by atoms with Crippen LogP contribution in [0.15, 0.2) is 52.3 Å². The maximum atomic E-state index is 15.0. The second kappa shape index (κ2) is 7.08. The molecule has 9 heteroatoms. The Morgan fingerprint density at radius 3 is 2.64 bits per heavy atom. The van der Waals surface area contributed by atoms with Crippen LogP contribution in [0.1, 0.15) is 46.1 Å². The van der Waals surface area contributed by atoms with Gasteiger partial charge in [0.1, 0.15) is 0 Å². The highest BCUT2D eigenvalue weighted by atomic mass is 35.5. The van der Waals surface area contributed by atoms with Crippen molar-refractivity contribution in [2.45, 2.75) is 29.5 Å². The molecule has 0 bridgehead atoms. The molecule has 3 heterocycles. The van der Waals surface area contributed by atoms with Crippen LogP contribution in [0.2, 0.25) is 5.02 Å². The van der Waals surface area contributed by atoms with Crippen molar-refractivity contribution in [1.29, 1.82) is 0 Å². The SMILES string of the molecule is O=C1c2c(O)c(=O)ccn2N(C2c3ccc(F)c(F)c3CSc3c(Cl)cccc32)CC12CC2. The van der Waals surface area contributed by atoms with Crippen LogP contribution in [0.25, 0.3) is 0 Å². The van der Waals surface area contributed by atoms with Gasteiger partial charge in [0.2, 0.25) is 5.43 Å². The molecule has 3 aromatic rings. The number of benzene rings is 2. The Morgan fingerprint density at radius 2 is 1.88 bits per heavy atom. The third kappa shape index (κ3) is 2.90. The fraction of sp³-hybridized carbons (Fsp3) is 0.250. The minimum Gasteiger partial charge on any atom is -0.503 e. The Bertz CT molecular complexity index is 1420. The number of pyridine rings is 1. The van der Waals surface area contributed by atoms with Crippen molar-refractivity contribution < 1.29 is 18.7 Å². The number of fused-ring (bicyclic) bond motifs is 3. The van der Waals surface area contributed by atoms with E-state index in [1.165, 1.54) is 28.7 Å². The highest BCUT2D eigenvalue weighted by molar-refractivity contribution is 7.98. The van der Waals surface area contributed by atoms with Crippen molar-refractivity contribution in [2.24, 2.45) is 5.41 Å². The van der Waals surface area contributed by atoms with Crippen LogP contribution in [-0.2, 0) is 5.75 Å². The standard InChI is InChI=1S/C24H17ClF2N2O3S/c25-15-3-1-2-13-19(12-4-5-16(26)18(27)14(12)10-33-22(13)15)29-11-24(7-8-24)23(32)20-21(31)17(30)6-9-28(20)29/h1-6,9,19,31H,7-8,10-11H2. The van der Waals surface area contributed by atoms with Gasteiger partial charge in [0.15, 0.2) is 28.9 Å². The molecule has 2 aromatic carbocycles. The molecule has 33 heavy (non-hydrogen) atoms. The summed E-state index contributed by atoms with van der Waals surface area (Å²) in [5.41, 5.74) is 0.132. The van der Waals surface area contributed by atoms with Gasteiger partial charge in [-0.2, -0.15) is 0 Å². The Hall–Kier alpha value is -2.84. The molecule has 3 aliphatic rings. The number of Topliss-reactive ketones (excluding diaryl/α,β-unsaturated/α-hetero) is 1. The van der Waals surface area contributed by atoms with Crippen molar-refractivity contribution in [3.8, 4) is 5.75 Å². The maximum absolute atomic E-state index is 15.0. The fourth-order valence-electron chi connectivity index (χ4n) is 4.94. The summed E-state index contributed by atoms with van der Waals surface area (Å²) in [5, 5.41) is 12.9. The lowest BCUT2D eigenvalue weighted by atomic mass is 9.89. The lowest BCUT2D eigenvalue weighted by Gasteiger charge is -2.43. The molecule has 1 saturated carbocycles. The maximum Gasteiger partial charge on any atom is 0.224 e. The monoisotopic (exact) mass is 486 g/mol. The molecule has 1 unspecified atom stereocenters. The Morgan fingerprint density at radius 1 is 1.09 bits per heavy atom. The number of nitrogens with zero attached hydrogens (tertiary/aromatic N) is 2. The summed E-state index contributed by atoms with van der Waals surface area (Å²) in [6.07, 6.45) is 2.70. The van der Waals surface area contributed by atoms with E-state index in [2.05, 4.69) is 0 Å². The Labute approximate surface area is 196 Å². The Kier molecular flexibility index (Phi) is 4.45. The molecule has 1 aromatic heterocycles. The van der Waals surface area contributed by atoms with Crippen LogP contribution in [0, 0.1) is 17.0 Å². The summed E-state index contributed by atoms with van der Waals surface area (Å²) in [4.78, 5) is 26.2. The first-order valence-corrected chi connectivity index (χ1v) is 11.8. The minimum absolute atomic E-state index is 0.0733. The number of halogens is 3. The zero-order chi connectivity index (χ0) is 23.1. The molecular formula is C24H17ClF2N2O3S. The number of aromatic hydroxyl groups is 1. The topological polar surface area (TPSA) is 62.5 Å². The van der Waals surface area contributed by atoms with Gasteiger partial charge in [0.05, 0.1) is 16.5 Å². The number of rotatable bonds is 1. The van der Waals surface area contributed by atoms with Crippen LogP contribution < -0.4 is 10.4 Å². The molecule has 5 nitrogen and oxygen atoms in total. The quantitative estimate of drug-likeness (QED) is 0.535. The molecule has 0 radical (unpaired) electrons. The van der Waals surface area contributed by atoms with E-state index in [9.17, 15) is 23.5 Å². The van der Waals surface area contributed by atoms with Crippen LogP contribution in [0.3, 0.4) is 0 Å². The van der Waals surface area contributed by atoms with E-state index in [0.29, 0.717) is 30.0 Å². The van der Waals surface area contributed by atoms with Gasteiger partial charge < -0.3 is 5.11 Å². The molecule has 1 spiro atoms. The highest BCUT2D eigenvalue weighted by Gasteiger charge is 2.56. The van der Waals surface area contributed by atoms with Crippen LogP contribution in [0.5, 0.6) is 5.75 Å². The van der Waals surface area contributed by atoms with Crippen molar-refractivity contribution in [3.63, 3.8) is 0 Å². The number of hydrogen-bond donors (Lipinski definition) is 1. The van der Waals surface area contributed by atoms with E-state index >= 15 is 0 Å². The van der Waals surface area contributed by atoms with Gasteiger partial charge in [-0.05, 0) is 36.1 Å². The average Bonchev–Trinajstić information content (AvgIpc) is 3.59. The largest absolute Gasteiger partial charge is 0.503 e. The predicted molar refractivity (Wildman–Crippen MR) is 121 cm³/mol. The van der Waals surface area contributed by atoms with E-state index in [-0.39, 0.29) is 22.8 Å². The first kappa shape index (κ1) is 20.7. The number of aromatic nitrogens is 1. The van der Waals surface area contributed by atoms with E-state index in [1.807, 2.05) is 11.1 Å². The van der Waals surface area contributed by atoms with Crippen molar-refractivity contribution in [3.05, 3.63) is 91.9 Å². The van der Waals surface area contributed by atoms with Crippen molar-refractivity contribution in [1.82, 2.24) is 4.68 Å². The number of carbonyl (C=O) groups is 1. The molecule has 1 N–H and O–H groups in total. The van der Waals surface area contributed by atoms with Gasteiger partial charge in [0, 0.05) is 35.0 Å². The molecule has 168 valence electrons. The molecule has 1 aliphatic carbocycles. The summed E-state index contributed by atoms with van der Waals surface area (Å²) in [7, 11) is 0. The molecule has 1 fully saturated rings. The number of ketones is 1. The van der Waals surface area contributed by atoms with Gasteiger partial charge in [-0.3, -0.25) is 19.3 Å². The summed E-state index contributed by atoms with van der Waals surface area (Å²) in [6, 6.07) is 8.67. The van der Waals surface area contributed by atoms with Crippen LogP contribution in [0.4, 0.5) is 8.78 Å². The van der Waals surface area contributed by atoms with Gasteiger partial charge in [-0.25, -0.2) is 8.78 Å². The van der Waals surface area contributed by atoms with E-state index in [1.54, 1.807) is 18.2 Å². The predicted octanol–water partition coefficient (Wildman–Crippen LogP) is 4.80. The fourth-order valence-corrected chi connectivity index (χ4v) is 6.42. The van der Waals surface area contributed by atoms with Gasteiger partial charge >= 0.3 is 0 Å². The van der Waals surface area contributed by atoms with E-state index in [0.717, 1.165) is 16.5 Å². The third-order valence-electron chi connectivity index (χ3n) is 6.82. The zero-order valence-electron chi connectivity index (χ0n) is 17.1. The molecule has 2 aliphatic heterocycles. The summed E-state index contributed by atoms with van der Waals surface area (Å²) in [6.45, 7) is 0.306. The van der Waals surface area contributed by atoms with Gasteiger partial charge in [-0.15, -0.1) is 11.8 Å². The summed E-state index contributed by atoms with van der Waals surface area (Å²) < 4.78 is 30.7. The first-order valence-electron chi connectivity index (χ1n) is 10.5. The Balaban J connectivity index is 1.66. The number of carbonyl (C=O) groups excluding carboxylic acids is 1. The van der Waals surface area contributed by atoms with Gasteiger partial charge in [-0.1, -0.05) is 29.8 Å². The van der Waals surface area contributed by atoms with Crippen LogP contribution >= 0.6 is 23.4 Å². The average molecular weight is 487 g/mol. The number of thioether (sulfide) groups is 1. The van der Waals surface area contributed by atoms with E-state index < -0.39 is 34.3 Å². The van der Waals surface area contributed by atoms with E-state index in [4.69, 9.17) is 11.6 Å². The lowest BCUT2D eigenvalue weighted by molar-refractivity contribution is 0.0856. The molecule has 6 rings (SSSR count). The zero-order valence-corrected chi connectivity index (χ0v) is 18.7. The first-order chi connectivity index (χ1) is 15.8. The van der Waals surface area contributed by atoms with Gasteiger partial charge in [0.25, 0.3) is 0 Å². The minimum atomic E-state index is -0.931. The molecule has 0 amide bonds. The third-order valence-corrected chi connectivity index (χ3v) is 8.43. The molecule has 0 saturated heterocycles. The lowest BCUT2D eigenvalue weighted by Crippen LogP contribution is -2.51. The second-order valence-corrected chi connectivity index (χ2v) is 10.1. The smallest absolute Gasteiger partial charge is 0.224 e. The summed E-state index contributed by atoms with van der Waals surface area (Å²) in [5.74, 6) is -2.52. The highest BCUT2D eigenvalue weighted by Crippen LogP contribution is 2.54. The van der Waals surface area contributed by atoms with Crippen molar-refractivity contribution >= 4 is 29.1 Å².